The number of aromatic nitrogens is 2. The summed E-state index contributed by atoms with van der Waals surface area (Å²) in [5.74, 6) is 0.642. The van der Waals surface area contributed by atoms with Crippen LogP contribution in [0.1, 0.15) is 10.4 Å². The Hall–Kier alpha value is -1.95. The lowest BCUT2D eigenvalue weighted by Crippen LogP contribution is -2.15. The van der Waals surface area contributed by atoms with Crippen LogP contribution in [0.4, 0.5) is 5.95 Å². The molecule has 2 heterocycles. The van der Waals surface area contributed by atoms with E-state index in [1.54, 1.807) is 17.5 Å². The van der Waals surface area contributed by atoms with Crippen molar-refractivity contribution >= 4 is 28.9 Å². The number of rotatable bonds is 7. The SMILES string of the molecule is CNc1nccc(-c2ccc(CNCCc3ccc(Cl)cc3)s2)n1. The molecular weight excluding hydrogens is 340 g/mol. The Morgan fingerprint density at radius 3 is 2.71 bits per heavy atom. The van der Waals surface area contributed by atoms with E-state index in [9.17, 15) is 0 Å². The molecular formula is C18H19ClN4S. The summed E-state index contributed by atoms with van der Waals surface area (Å²) in [6, 6.07) is 14.2. The number of nitrogens with zero attached hydrogens (tertiary/aromatic N) is 2. The van der Waals surface area contributed by atoms with Gasteiger partial charge in [-0.05, 0) is 48.9 Å². The fraction of sp³-hybridized carbons (Fsp3) is 0.222. The molecule has 0 radical (unpaired) electrons. The molecule has 0 amide bonds. The lowest BCUT2D eigenvalue weighted by molar-refractivity contribution is 0.693. The number of hydrogen-bond donors (Lipinski definition) is 2. The average molecular weight is 359 g/mol. The van der Waals surface area contributed by atoms with Crippen LogP contribution in [-0.2, 0) is 13.0 Å². The topological polar surface area (TPSA) is 49.8 Å². The smallest absolute Gasteiger partial charge is 0.222 e. The molecule has 0 aliphatic heterocycles. The van der Waals surface area contributed by atoms with Gasteiger partial charge in [0, 0.05) is 29.7 Å². The minimum atomic E-state index is 0.642. The second kappa shape index (κ2) is 8.24. The van der Waals surface area contributed by atoms with Crippen molar-refractivity contribution in [3.05, 3.63) is 64.1 Å². The molecule has 0 fully saturated rings. The van der Waals surface area contributed by atoms with Crippen LogP contribution in [0.5, 0.6) is 0 Å². The molecule has 0 aliphatic carbocycles. The van der Waals surface area contributed by atoms with Gasteiger partial charge in [0.05, 0.1) is 10.6 Å². The first-order valence-corrected chi connectivity index (χ1v) is 8.99. The zero-order chi connectivity index (χ0) is 16.8. The maximum absolute atomic E-state index is 5.90. The molecule has 0 saturated carbocycles. The van der Waals surface area contributed by atoms with Crippen LogP contribution in [-0.4, -0.2) is 23.6 Å². The number of nitrogens with one attached hydrogen (secondary N) is 2. The highest BCUT2D eigenvalue weighted by Crippen LogP contribution is 2.26. The Labute approximate surface area is 150 Å². The second-order valence-electron chi connectivity index (χ2n) is 5.33. The van der Waals surface area contributed by atoms with Crippen molar-refractivity contribution in [2.24, 2.45) is 0 Å². The standard InChI is InChI=1S/C18H19ClN4S/c1-20-18-22-11-9-16(23-18)17-7-6-15(24-17)12-21-10-8-13-2-4-14(19)5-3-13/h2-7,9,11,21H,8,10,12H2,1H3,(H,20,22,23). The first kappa shape index (κ1) is 16.9. The van der Waals surface area contributed by atoms with Gasteiger partial charge in [-0.3, -0.25) is 0 Å². The van der Waals surface area contributed by atoms with Crippen LogP contribution in [0.15, 0.2) is 48.7 Å². The molecule has 2 aromatic heterocycles. The lowest BCUT2D eigenvalue weighted by Gasteiger charge is -2.04. The summed E-state index contributed by atoms with van der Waals surface area (Å²) in [4.78, 5) is 11.1. The predicted molar refractivity (Wildman–Crippen MR) is 102 cm³/mol. The van der Waals surface area contributed by atoms with E-state index in [1.807, 2.05) is 25.2 Å². The van der Waals surface area contributed by atoms with Crippen LogP contribution < -0.4 is 10.6 Å². The quantitative estimate of drug-likeness (QED) is 0.620. The van der Waals surface area contributed by atoms with Gasteiger partial charge in [0.2, 0.25) is 5.95 Å². The third-order valence-electron chi connectivity index (χ3n) is 3.60. The zero-order valence-corrected chi connectivity index (χ0v) is 15.0. The summed E-state index contributed by atoms with van der Waals surface area (Å²) >= 11 is 7.65. The molecule has 0 aliphatic rings. The van der Waals surface area contributed by atoms with Gasteiger partial charge < -0.3 is 10.6 Å². The highest BCUT2D eigenvalue weighted by Gasteiger charge is 2.05. The highest BCUT2D eigenvalue weighted by atomic mass is 35.5. The van der Waals surface area contributed by atoms with Crippen molar-refractivity contribution in [3.63, 3.8) is 0 Å². The van der Waals surface area contributed by atoms with Gasteiger partial charge in [-0.25, -0.2) is 9.97 Å². The summed E-state index contributed by atoms with van der Waals surface area (Å²) in [5, 5.41) is 7.23. The van der Waals surface area contributed by atoms with Crippen LogP contribution in [0.3, 0.4) is 0 Å². The van der Waals surface area contributed by atoms with Gasteiger partial charge in [-0.15, -0.1) is 11.3 Å². The molecule has 1 aromatic carbocycles. The Morgan fingerprint density at radius 1 is 1.08 bits per heavy atom. The maximum atomic E-state index is 5.90. The van der Waals surface area contributed by atoms with Crippen LogP contribution in [0, 0.1) is 0 Å². The highest BCUT2D eigenvalue weighted by molar-refractivity contribution is 7.15. The monoisotopic (exact) mass is 358 g/mol. The molecule has 2 N–H and O–H groups in total. The van der Waals surface area contributed by atoms with Crippen molar-refractivity contribution in [2.45, 2.75) is 13.0 Å². The summed E-state index contributed by atoms with van der Waals surface area (Å²) in [5.41, 5.74) is 2.24. The molecule has 4 nitrogen and oxygen atoms in total. The lowest BCUT2D eigenvalue weighted by atomic mass is 10.1. The third-order valence-corrected chi connectivity index (χ3v) is 4.96. The largest absolute Gasteiger partial charge is 0.357 e. The predicted octanol–water partition coefficient (Wildman–Crippen LogP) is 4.23. The number of thiophene rings is 1. The first-order valence-electron chi connectivity index (χ1n) is 7.79. The maximum Gasteiger partial charge on any atom is 0.222 e. The number of hydrogen-bond acceptors (Lipinski definition) is 5. The van der Waals surface area contributed by atoms with E-state index in [2.05, 4.69) is 44.9 Å². The van der Waals surface area contributed by atoms with E-state index < -0.39 is 0 Å². The summed E-state index contributed by atoms with van der Waals surface area (Å²) in [7, 11) is 1.82. The zero-order valence-electron chi connectivity index (χ0n) is 13.4. The van der Waals surface area contributed by atoms with Crippen molar-refractivity contribution in [1.82, 2.24) is 15.3 Å². The molecule has 0 atom stereocenters. The number of anilines is 1. The van der Waals surface area contributed by atoms with E-state index in [0.29, 0.717) is 5.95 Å². The second-order valence-corrected chi connectivity index (χ2v) is 6.94. The van der Waals surface area contributed by atoms with Gasteiger partial charge in [0.1, 0.15) is 0 Å². The molecule has 0 spiro atoms. The Morgan fingerprint density at radius 2 is 1.92 bits per heavy atom. The summed E-state index contributed by atoms with van der Waals surface area (Å²) in [6.45, 7) is 1.80. The minimum Gasteiger partial charge on any atom is -0.357 e. The molecule has 124 valence electrons. The van der Waals surface area contributed by atoms with Gasteiger partial charge in [0.15, 0.2) is 0 Å². The number of halogens is 1. The van der Waals surface area contributed by atoms with Crippen LogP contribution in [0.2, 0.25) is 5.02 Å². The van der Waals surface area contributed by atoms with E-state index in [-0.39, 0.29) is 0 Å². The fourth-order valence-electron chi connectivity index (χ4n) is 2.32. The van der Waals surface area contributed by atoms with E-state index in [0.717, 1.165) is 35.1 Å². The van der Waals surface area contributed by atoms with Crippen LogP contribution >= 0.6 is 22.9 Å². The van der Waals surface area contributed by atoms with Gasteiger partial charge in [-0.1, -0.05) is 23.7 Å². The molecule has 0 bridgehead atoms. The molecule has 0 saturated heterocycles. The molecule has 0 unspecified atom stereocenters. The third kappa shape index (κ3) is 4.54. The van der Waals surface area contributed by atoms with E-state index >= 15 is 0 Å². The van der Waals surface area contributed by atoms with Gasteiger partial charge >= 0.3 is 0 Å². The van der Waals surface area contributed by atoms with Crippen molar-refractivity contribution in [3.8, 4) is 10.6 Å². The Balaban J connectivity index is 1.51. The molecule has 3 aromatic rings. The Bertz CT molecular complexity index is 786. The van der Waals surface area contributed by atoms with Crippen LogP contribution in [0.25, 0.3) is 10.6 Å². The first-order chi connectivity index (χ1) is 11.7. The van der Waals surface area contributed by atoms with E-state index in [1.165, 1.54) is 10.4 Å². The molecule has 24 heavy (non-hydrogen) atoms. The minimum absolute atomic E-state index is 0.642. The van der Waals surface area contributed by atoms with Crippen molar-refractivity contribution < 1.29 is 0 Å². The van der Waals surface area contributed by atoms with E-state index in [4.69, 9.17) is 11.6 Å². The fourth-order valence-corrected chi connectivity index (χ4v) is 3.40. The van der Waals surface area contributed by atoms with Crippen molar-refractivity contribution in [1.29, 1.82) is 0 Å². The van der Waals surface area contributed by atoms with Gasteiger partial charge in [0.25, 0.3) is 0 Å². The average Bonchev–Trinajstić information content (AvgIpc) is 3.09. The molecule has 6 heteroatoms. The molecule has 3 rings (SSSR count). The summed E-state index contributed by atoms with van der Waals surface area (Å²) < 4.78 is 0. The Kier molecular flexibility index (Phi) is 5.80. The normalized spacial score (nSPS) is 10.8. The van der Waals surface area contributed by atoms with Gasteiger partial charge in [-0.2, -0.15) is 0 Å². The summed E-state index contributed by atoms with van der Waals surface area (Å²) in [6.07, 6.45) is 2.77. The van der Waals surface area contributed by atoms with Crippen molar-refractivity contribution in [2.75, 3.05) is 18.9 Å². The number of benzene rings is 1.